The van der Waals surface area contributed by atoms with Gasteiger partial charge in [-0.25, -0.2) is 0 Å². The SMILES string of the molecule is COc1ccc2c(=O)c(C(=O)NCCC3CCCN3C)c3sc4ccccc4n3c2n1. The molecule has 0 spiro atoms. The minimum atomic E-state index is -0.326. The first-order chi connectivity index (χ1) is 15.1. The maximum absolute atomic E-state index is 13.4. The van der Waals surface area contributed by atoms with Crippen LogP contribution >= 0.6 is 11.3 Å². The second kappa shape index (κ2) is 7.94. The summed E-state index contributed by atoms with van der Waals surface area (Å²) in [6, 6.07) is 11.7. The molecule has 7 nitrogen and oxygen atoms in total. The molecule has 1 aromatic carbocycles. The fourth-order valence-electron chi connectivity index (χ4n) is 4.47. The van der Waals surface area contributed by atoms with E-state index in [1.807, 2.05) is 28.7 Å². The molecule has 1 saturated heterocycles. The Morgan fingerprint density at radius 1 is 1.29 bits per heavy atom. The average molecular weight is 437 g/mol. The number of para-hydroxylation sites is 1. The normalized spacial score (nSPS) is 17.0. The molecule has 1 atom stereocenters. The number of amides is 1. The third kappa shape index (κ3) is 3.36. The largest absolute Gasteiger partial charge is 0.481 e. The molecular formula is C23H24N4O3S. The lowest BCUT2D eigenvalue weighted by molar-refractivity contribution is 0.0951. The maximum atomic E-state index is 13.4. The zero-order valence-corrected chi connectivity index (χ0v) is 18.4. The van der Waals surface area contributed by atoms with Gasteiger partial charge in [0.05, 0.1) is 22.7 Å². The van der Waals surface area contributed by atoms with Crippen molar-refractivity contribution in [2.75, 3.05) is 27.2 Å². The number of ether oxygens (including phenoxy) is 1. The topological polar surface area (TPSA) is 75.9 Å². The number of nitrogens with zero attached hydrogens (tertiary/aromatic N) is 3. The van der Waals surface area contributed by atoms with Crippen molar-refractivity contribution < 1.29 is 9.53 Å². The fraction of sp³-hybridized carbons (Fsp3) is 0.348. The van der Waals surface area contributed by atoms with Crippen LogP contribution in [0.2, 0.25) is 0 Å². The quantitative estimate of drug-likeness (QED) is 0.520. The van der Waals surface area contributed by atoms with Crippen molar-refractivity contribution in [2.45, 2.75) is 25.3 Å². The predicted molar refractivity (Wildman–Crippen MR) is 124 cm³/mol. The monoisotopic (exact) mass is 436 g/mol. The number of fused-ring (bicyclic) bond motifs is 5. The summed E-state index contributed by atoms with van der Waals surface area (Å²) < 4.78 is 8.17. The Labute approximate surface area is 183 Å². The number of pyridine rings is 2. The van der Waals surface area contributed by atoms with E-state index < -0.39 is 0 Å². The minimum absolute atomic E-state index is 0.181. The number of hydrogen-bond donors (Lipinski definition) is 1. The van der Waals surface area contributed by atoms with Crippen LogP contribution in [0.25, 0.3) is 26.1 Å². The predicted octanol–water partition coefficient (Wildman–Crippen LogP) is 3.29. The Morgan fingerprint density at radius 2 is 2.13 bits per heavy atom. The molecule has 1 fully saturated rings. The van der Waals surface area contributed by atoms with Crippen molar-refractivity contribution in [3.8, 4) is 5.88 Å². The number of aromatic nitrogens is 2. The van der Waals surface area contributed by atoms with Crippen molar-refractivity contribution in [3.05, 3.63) is 52.2 Å². The van der Waals surface area contributed by atoms with Crippen LogP contribution < -0.4 is 15.5 Å². The number of carbonyl (C=O) groups is 1. The van der Waals surface area contributed by atoms with Gasteiger partial charge >= 0.3 is 0 Å². The summed E-state index contributed by atoms with van der Waals surface area (Å²) in [5.74, 6) is 0.0984. The molecule has 160 valence electrons. The highest BCUT2D eigenvalue weighted by Crippen LogP contribution is 2.31. The van der Waals surface area contributed by atoms with Gasteiger partial charge in [-0.3, -0.25) is 14.0 Å². The lowest BCUT2D eigenvalue weighted by atomic mass is 10.1. The van der Waals surface area contributed by atoms with Gasteiger partial charge in [0, 0.05) is 18.7 Å². The minimum Gasteiger partial charge on any atom is -0.481 e. The number of thiazole rings is 1. The van der Waals surface area contributed by atoms with Gasteiger partial charge in [0.15, 0.2) is 5.65 Å². The van der Waals surface area contributed by atoms with E-state index >= 15 is 0 Å². The smallest absolute Gasteiger partial charge is 0.258 e. The molecule has 0 radical (unpaired) electrons. The van der Waals surface area contributed by atoms with Crippen LogP contribution in [0.5, 0.6) is 5.88 Å². The molecule has 3 aromatic heterocycles. The van der Waals surface area contributed by atoms with Gasteiger partial charge in [0.1, 0.15) is 10.4 Å². The Hall–Kier alpha value is -2.97. The molecule has 1 amide bonds. The van der Waals surface area contributed by atoms with Crippen molar-refractivity contribution in [1.29, 1.82) is 0 Å². The zero-order valence-electron chi connectivity index (χ0n) is 17.6. The molecule has 0 saturated carbocycles. The summed E-state index contributed by atoms with van der Waals surface area (Å²) in [6.45, 7) is 1.65. The zero-order chi connectivity index (χ0) is 21.5. The van der Waals surface area contributed by atoms with Gasteiger partial charge in [0.2, 0.25) is 11.3 Å². The first kappa shape index (κ1) is 20.0. The highest BCUT2D eigenvalue weighted by atomic mass is 32.1. The molecule has 8 heteroatoms. The van der Waals surface area contributed by atoms with Gasteiger partial charge < -0.3 is 15.0 Å². The molecule has 0 aliphatic carbocycles. The summed E-state index contributed by atoms with van der Waals surface area (Å²) in [5, 5.41) is 3.40. The van der Waals surface area contributed by atoms with Crippen LogP contribution in [0.15, 0.2) is 41.2 Å². The summed E-state index contributed by atoms with van der Waals surface area (Å²) >= 11 is 1.43. The third-order valence-corrected chi connectivity index (χ3v) is 7.28. The lowest BCUT2D eigenvalue weighted by Gasteiger charge is -2.19. The average Bonchev–Trinajstić information content (AvgIpc) is 3.36. The van der Waals surface area contributed by atoms with Gasteiger partial charge in [-0.2, -0.15) is 4.98 Å². The molecule has 1 aliphatic heterocycles. The van der Waals surface area contributed by atoms with Crippen LogP contribution in [0, 0.1) is 0 Å². The summed E-state index contributed by atoms with van der Waals surface area (Å²) in [5.41, 5.74) is 1.29. The van der Waals surface area contributed by atoms with E-state index in [1.54, 1.807) is 19.2 Å². The van der Waals surface area contributed by atoms with E-state index in [0.717, 1.165) is 29.6 Å². The molecule has 0 bridgehead atoms. The number of carbonyl (C=O) groups excluding carboxylic acids is 1. The number of rotatable bonds is 5. The molecule has 5 rings (SSSR count). The molecule has 1 unspecified atom stereocenters. The highest BCUT2D eigenvalue weighted by molar-refractivity contribution is 7.24. The Morgan fingerprint density at radius 3 is 2.90 bits per heavy atom. The number of methoxy groups -OCH3 is 1. The molecule has 4 aromatic rings. The number of likely N-dealkylation sites (tertiary alicyclic amines) is 1. The van der Waals surface area contributed by atoms with Crippen molar-refractivity contribution >= 4 is 43.3 Å². The standard InChI is InChI=1S/C23H24N4O3S/c1-26-13-5-6-14(26)11-12-24-22(29)19-20(28)15-9-10-18(30-2)25-21(15)27-16-7-3-4-8-17(16)31-23(19)27/h3-4,7-10,14H,5-6,11-13H2,1-2H3,(H,24,29). The molecule has 4 heterocycles. The van der Waals surface area contributed by atoms with Crippen LogP contribution in [-0.4, -0.2) is 53.5 Å². The van der Waals surface area contributed by atoms with Crippen LogP contribution in [0.4, 0.5) is 0 Å². The van der Waals surface area contributed by atoms with Gasteiger partial charge in [-0.1, -0.05) is 12.1 Å². The molecular weight excluding hydrogens is 412 g/mol. The number of nitrogens with one attached hydrogen (secondary N) is 1. The summed E-state index contributed by atoms with van der Waals surface area (Å²) in [6.07, 6.45) is 3.23. The Balaban J connectivity index is 1.62. The first-order valence-electron chi connectivity index (χ1n) is 10.5. The van der Waals surface area contributed by atoms with Crippen LogP contribution in [0.1, 0.15) is 29.6 Å². The van der Waals surface area contributed by atoms with Crippen LogP contribution in [0.3, 0.4) is 0 Å². The van der Waals surface area contributed by atoms with Crippen molar-refractivity contribution in [1.82, 2.24) is 19.6 Å². The lowest BCUT2D eigenvalue weighted by Crippen LogP contribution is -2.34. The summed E-state index contributed by atoms with van der Waals surface area (Å²) in [7, 11) is 3.67. The van der Waals surface area contributed by atoms with Gasteiger partial charge in [0.25, 0.3) is 5.91 Å². The maximum Gasteiger partial charge on any atom is 0.258 e. The summed E-state index contributed by atoms with van der Waals surface area (Å²) in [4.78, 5) is 34.1. The number of hydrogen-bond acceptors (Lipinski definition) is 6. The van der Waals surface area contributed by atoms with E-state index in [9.17, 15) is 9.59 Å². The highest BCUT2D eigenvalue weighted by Gasteiger charge is 2.24. The van der Waals surface area contributed by atoms with E-state index in [2.05, 4.69) is 22.2 Å². The van der Waals surface area contributed by atoms with Crippen LogP contribution in [-0.2, 0) is 0 Å². The number of benzene rings is 1. The third-order valence-electron chi connectivity index (χ3n) is 6.13. The van der Waals surface area contributed by atoms with E-state index in [0.29, 0.717) is 34.3 Å². The van der Waals surface area contributed by atoms with E-state index in [1.165, 1.54) is 17.8 Å². The van der Waals surface area contributed by atoms with Gasteiger partial charge in [-0.15, -0.1) is 11.3 Å². The second-order valence-electron chi connectivity index (χ2n) is 7.96. The van der Waals surface area contributed by atoms with E-state index in [4.69, 9.17) is 4.74 Å². The molecule has 1 N–H and O–H groups in total. The first-order valence-corrected chi connectivity index (χ1v) is 11.3. The second-order valence-corrected chi connectivity index (χ2v) is 8.99. The molecule has 1 aliphatic rings. The fourth-order valence-corrected chi connectivity index (χ4v) is 5.65. The Kier molecular flexibility index (Phi) is 5.11. The van der Waals surface area contributed by atoms with Crippen molar-refractivity contribution in [3.63, 3.8) is 0 Å². The van der Waals surface area contributed by atoms with Crippen molar-refractivity contribution in [2.24, 2.45) is 0 Å². The van der Waals surface area contributed by atoms with E-state index in [-0.39, 0.29) is 16.9 Å². The Bertz CT molecular complexity index is 1360. The van der Waals surface area contributed by atoms with Gasteiger partial charge in [-0.05, 0) is 51.1 Å². The molecule has 31 heavy (non-hydrogen) atoms.